The Hall–Kier alpha value is -6.43. The van der Waals surface area contributed by atoms with Crippen LogP contribution in [0.5, 0.6) is 0 Å². The van der Waals surface area contributed by atoms with Gasteiger partial charge in [0.15, 0.2) is 11.6 Å². The fourth-order valence-electron chi connectivity index (χ4n) is 7.07. The zero-order valence-electron chi connectivity index (χ0n) is 26.9. The molecule has 7 aromatic carbocycles. The Morgan fingerprint density at radius 2 is 0.940 bits per heavy atom. The van der Waals surface area contributed by atoms with Gasteiger partial charge >= 0.3 is 0 Å². The monoisotopic (exact) mass is 656 g/mol. The molecule has 0 unspecified atom stereocenters. The van der Waals surface area contributed by atoms with E-state index >= 15 is 0 Å². The van der Waals surface area contributed by atoms with E-state index in [9.17, 15) is 0 Å². The molecule has 0 aliphatic heterocycles. The summed E-state index contributed by atoms with van der Waals surface area (Å²) in [5.74, 6) is 1.85. The molecule has 0 bridgehead atoms. The van der Waals surface area contributed by atoms with Crippen molar-refractivity contribution < 1.29 is 0 Å². The molecule has 3 heterocycles. The van der Waals surface area contributed by atoms with Gasteiger partial charge in [0.1, 0.15) is 0 Å². The SMILES string of the molecule is c1ccc(-c2ccc(-c3nc(-c4cccc(-c5ccccc5)c4)nc(-n4c5ccccc5c5ccc6c7ccccc7sc6c54)n3)cc2)cc1. The first kappa shape index (κ1) is 28.6. The number of fused-ring (bicyclic) bond motifs is 7. The average Bonchev–Trinajstić information content (AvgIpc) is 3.75. The molecule has 0 saturated heterocycles. The van der Waals surface area contributed by atoms with Crippen LogP contribution in [-0.4, -0.2) is 19.5 Å². The molecule has 0 aliphatic rings. The Bertz CT molecular complexity index is 2850. The summed E-state index contributed by atoms with van der Waals surface area (Å²) in [6.45, 7) is 0. The van der Waals surface area contributed by atoms with Gasteiger partial charge in [-0.25, -0.2) is 4.98 Å². The van der Waals surface area contributed by atoms with Crippen molar-refractivity contribution in [2.45, 2.75) is 0 Å². The summed E-state index contributed by atoms with van der Waals surface area (Å²) >= 11 is 1.82. The third-order valence-corrected chi connectivity index (χ3v) is 10.7. The topological polar surface area (TPSA) is 43.6 Å². The van der Waals surface area contributed by atoms with Gasteiger partial charge in [0.2, 0.25) is 5.95 Å². The lowest BCUT2D eigenvalue weighted by Crippen LogP contribution is -2.06. The largest absolute Gasteiger partial charge is 0.276 e. The molecule has 10 rings (SSSR count). The van der Waals surface area contributed by atoms with Crippen LogP contribution in [0, 0.1) is 0 Å². The molecule has 0 spiro atoms. The highest BCUT2D eigenvalue weighted by Crippen LogP contribution is 2.42. The van der Waals surface area contributed by atoms with Crippen molar-refractivity contribution in [1.29, 1.82) is 0 Å². The number of hydrogen-bond acceptors (Lipinski definition) is 4. The molecule has 5 heteroatoms. The average molecular weight is 657 g/mol. The first-order valence-corrected chi connectivity index (χ1v) is 17.5. The number of para-hydroxylation sites is 1. The number of nitrogens with zero attached hydrogens (tertiary/aromatic N) is 4. The normalized spacial score (nSPS) is 11.6. The van der Waals surface area contributed by atoms with Gasteiger partial charge in [-0.3, -0.25) is 4.57 Å². The Labute approximate surface area is 292 Å². The fourth-order valence-corrected chi connectivity index (χ4v) is 8.31. The standard InChI is InChI=1S/C45H28N4S/c1-3-12-29(13-4-1)31-22-24-32(25-23-31)43-46-44(34-17-11-16-33(28-34)30-14-5-2-6-15-30)48-45(47-43)49-39-20-9-7-18-35(39)37-26-27-38-36-19-8-10-21-40(36)50-42(38)41(37)49/h1-28H. The second kappa shape index (κ2) is 11.6. The van der Waals surface area contributed by atoms with Gasteiger partial charge in [-0.1, -0.05) is 152 Å². The zero-order valence-corrected chi connectivity index (χ0v) is 27.7. The van der Waals surface area contributed by atoms with E-state index in [2.05, 4.69) is 162 Å². The molecule has 0 amide bonds. The van der Waals surface area contributed by atoms with E-state index in [-0.39, 0.29) is 0 Å². The highest BCUT2D eigenvalue weighted by atomic mass is 32.1. The second-order valence-electron chi connectivity index (χ2n) is 12.5. The third-order valence-electron chi connectivity index (χ3n) is 9.48. The molecule has 50 heavy (non-hydrogen) atoms. The molecule has 10 aromatic rings. The lowest BCUT2D eigenvalue weighted by molar-refractivity contribution is 0.955. The maximum absolute atomic E-state index is 5.28. The highest BCUT2D eigenvalue weighted by Gasteiger charge is 2.21. The van der Waals surface area contributed by atoms with Gasteiger partial charge < -0.3 is 0 Å². The molecule has 0 saturated carbocycles. The predicted octanol–water partition coefficient (Wildman–Crippen LogP) is 12.0. The van der Waals surface area contributed by atoms with Crippen LogP contribution in [0.2, 0.25) is 0 Å². The zero-order chi connectivity index (χ0) is 33.0. The van der Waals surface area contributed by atoms with Gasteiger partial charge in [-0.2, -0.15) is 9.97 Å². The second-order valence-corrected chi connectivity index (χ2v) is 13.5. The van der Waals surface area contributed by atoms with Crippen LogP contribution in [0.4, 0.5) is 0 Å². The van der Waals surface area contributed by atoms with Crippen molar-refractivity contribution >= 4 is 53.3 Å². The maximum atomic E-state index is 5.28. The Morgan fingerprint density at radius 1 is 0.380 bits per heavy atom. The summed E-state index contributed by atoms with van der Waals surface area (Å²) in [4.78, 5) is 15.7. The molecule has 0 radical (unpaired) electrons. The molecule has 234 valence electrons. The minimum atomic E-state index is 0.596. The maximum Gasteiger partial charge on any atom is 0.238 e. The first-order valence-electron chi connectivity index (χ1n) is 16.7. The van der Waals surface area contributed by atoms with Crippen LogP contribution >= 0.6 is 11.3 Å². The van der Waals surface area contributed by atoms with Gasteiger partial charge in [0.05, 0.1) is 15.7 Å². The fraction of sp³-hybridized carbons (Fsp3) is 0. The van der Waals surface area contributed by atoms with E-state index in [1.807, 2.05) is 23.5 Å². The number of benzene rings is 7. The number of aromatic nitrogens is 4. The summed E-state index contributed by atoms with van der Waals surface area (Å²) in [7, 11) is 0. The molecule has 0 aliphatic carbocycles. The van der Waals surface area contributed by atoms with E-state index in [4.69, 9.17) is 15.0 Å². The Kier molecular flexibility index (Phi) is 6.64. The number of hydrogen-bond donors (Lipinski definition) is 0. The predicted molar refractivity (Wildman–Crippen MR) is 209 cm³/mol. The summed E-state index contributed by atoms with van der Waals surface area (Å²) in [5, 5.41) is 4.85. The summed E-state index contributed by atoms with van der Waals surface area (Å²) < 4.78 is 4.73. The molecular weight excluding hydrogens is 629 g/mol. The third kappa shape index (κ3) is 4.71. The number of thiophene rings is 1. The van der Waals surface area contributed by atoms with Crippen LogP contribution < -0.4 is 0 Å². The highest BCUT2D eigenvalue weighted by molar-refractivity contribution is 7.26. The van der Waals surface area contributed by atoms with E-state index in [1.165, 1.54) is 36.5 Å². The van der Waals surface area contributed by atoms with Gasteiger partial charge in [0.25, 0.3) is 0 Å². The molecule has 0 atom stereocenters. The molecule has 3 aromatic heterocycles. The lowest BCUT2D eigenvalue weighted by Gasteiger charge is -2.12. The lowest BCUT2D eigenvalue weighted by atomic mass is 10.0. The van der Waals surface area contributed by atoms with Crippen molar-refractivity contribution in [3.8, 4) is 51.0 Å². The van der Waals surface area contributed by atoms with Crippen LogP contribution in [0.1, 0.15) is 0 Å². The van der Waals surface area contributed by atoms with Crippen molar-refractivity contribution in [3.63, 3.8) is 0 Å². The van der Waals surface area contributed by atoms with Crippen molar-refractivity contribution in [3.05, 3.63) is 170 Å². The van der Waals surface area contributed by atoms with E-state index in [0.29, 0.717) is 17.6 Å². The number of rotatable bonds is 5. The first-order chi connectivity index (χ1) is 24.8. The summed E-state index contributed by atoms with van der Waals surface area (Å²) in [5.41, 5.74) is 8.63. The van der Waals surface area contributed by atoms with E-state index in [0.717, 1.165) is 38.9 Å². The minimum absolute atomic E-state index is 0.596. The van der Waals surface area contributed by atoms with Crippen LogP contribution in [-0.2, 0) is 0 Å². The molecule has 0 fully saturated rings. The van der Waals surface area contributed by atoms with Crippen molar-refractivity contribution in [1.82, 2.24) is 19.5 Å². The van der Waals surface area contributed by atoms with E-state index in [1.54, 1.807) is 0 Å². The molecular formula is C45H28N4S. The summed E-state index contributed by atoms with van der Waals surface area (Å²) in [6.07, 6.45) is 0. The van der Waals surface area contributed by atoms with Gasteiger partial charge in [-0.05, 0) is 40.5 Å². The van der Waals surface area contributed by atoms with Crippen molar-refractivity contribution in [2.75, 3.05) is 0 Å². The molecule has 4 nitrogen and oxygen atoms in total. The smallest absolute Gasteiger partial charge is 0.238 e. The Morgan fingerprint density at radius 3 is 1.72 bits per heavy atom. The van der Waals surface area contributed by atoms with Gasteiger partial charge in [-0.15, -0.1) is 11.3 Å². The molecule has 0 N–H and O–H groups in total. The summed E-state index contributed by atoms with van der Waals surface area (Å²) in [6, 6.07) is 59.6. The van der Waals surface area contributed by atoms with Crippen molar-refractivity contribution in [2.24, 2.45) is 0 Å². The van der Waals surface area contributed by atoms with Crippen LogP contribution in [0.3, 0.4) is 0 Å². The Balaban J connectivity index is 1.24. The minimum Gasteiger partial charge on any atom is -0.276 e. The van der Waals surface area contributed by atoms with Gasteiger partial charge in [0, 0.05) is 37.4 Å². The van der Waals surface area contributed by atoms with Crippen LogP contribution in [0.25, 0.3) is 93.0 Å². The quantitative estimate of drug-likeness (QED) is 0.185. The van der Waals surface area contributed by atoms with Crippen LogP contribution in [0.15, 0.2) is 170 Å². The van der Waals surface area contributed by atoms with E-state index < -0.39 is 0 Å².